The SMILES string of the molecule is Cc1sc2ncnc(Nc3ccc(N4CCCC4)cc3)c2c1-c1ccccc1. The molecule has 1 aliphatic rings. The molecule has 2 aromatic heterocycles. The van der Waals surface area contributed by atoms with Crippen molar-refractivity contribution in [3.8, 4) is 11.1 Å². The Morgan fingerprint density at radius 3 is 2.43 bits per heavy atom. The Balaban J connectivity index is 1.52. The first kappa shape index (κ1) is 17.2. The van der Waals surface area contributed by atoms with Gasteiger partial charge in [0, 0.05) is 34.9 Å². The molecule has 0 amide bonds. The van der Waals surface area contributed by atoms with Crippen LogP contribution in [0.2, 0.25) is 0 Å². The number of nitrogens with zero attached hydrogens (tertiary/aromatic N) is 3. The van der Waals surface area contributed by atoms with Crippen LogP contribution in [0.4, 0.5) is 17.2 Å². The fourth-order valence-corrected chi connectivity index (χ4v) is 4.97. The van der Waals surface area contributed by atoms with E-state index in [2.05, 4.69) is 75.6 Å². The smallest absolute Gasteiger partial charge is 0.143 e. The van der Waals surface area contributed by atoms with Crippen molar-refractivity contribution in [3.63, 3.8) is 0 Å². The van der Waals surface area contributed by atoms with Crippen LogP contribution in [-0.2, 0) is 0 Å². The van der Waals surface area contributed by atoms with Crippen LogP contribution in [0.25, 0.3) is 21.3 Å². The van der Waals surface area contributed by atoms with Crippen LogP contribution in [-0.4, -0.2) is 23.1 Å². The van der Waals surface area contributed by atoms with Crippen LogP contribution in [0, 0.1) is 6.92 Å². The number of benzene rings is 2. The molecule has 1 saturated heterocycles. The highest BCUT2D eigenvalue weighted by Crippen LogP contribution is 2.41. The van der Waals surface area contributed by atoms with Crippen molar-refractivity contribution in [2.24, 2.45) is 0 Å². The topological polar surface area (TPSA) is 41.1 Å². The maximum atomic E-state index is 4.58. The molecule has 1 N–H and O–H groups in total. The summed E-state index contributed by atoms with van der Waals surface area (Å²) < 4.78 is 0. The molecule has 0 atom stereocenters. The molecule has 0 radical (unpaired) electrons. The predicted molar refractivity (Wildman–Crippen MR) is 119 cm³/mol. The number of aryl methyl sites for hydroxylation is 1. The second-order valence-corrected chi connectivity index (χ2v) is 8.37. The lowest BCUT2D eigenvalue weighted by atomic mass is 10.0. The van der Waals surface area contributed by atoms with Crippen molar-refractivity contribution in [3.05, 3.63) is 65.8 Å². The zero-order valence-electron chi connectivity index (χ0n) is 15.9. The number of aromatic nitrogens is 2. The van der Waals surface area contributed by atoms with E-state index in [9.17, 15) is 0 Å². The molecule has 0 unspecified atom stereocenters. The highest BCUT2D eigenvalue weighted by molar-refractivity contribution is 7.19. The van der Waals surface area contributed by atoms with Crippen LogP contribution in [0.3, 0.4) is 0 Å². The Labute approximate surface area is 168 Å². The Morgan fingerprint density at radius 2 is 1.68 bits per heavy atom. The lowest BCUT2D eigenvalue weighted by Gasteiger charge is -2.18. The van der Waals surface area contributed by atoms with Gasteiger partial charge < -0.3 is 10.2 Å². The first-order valence-electron chi connectivity index (χ1n) is 9.71. The Hall–Kier alpha value is -2.92. The van der Waals surface area contributed by atoms with E-state index in [1.54, 1.807) is 17.7 Å². The average Bonchev–Trinajstić information content (AvgIpc) is 3.37. The third kappa shape index (κ3) is 3.12. The summed E-state index contributed by atoms with van der Waals surface area (Å²) in [4.78, 5) is 13.8. The summed E-state index contributed by atoms with van der Waals surface area (Å²) >= 11 is 1.72. The van der Waals surface area contributed by atoms with Crippen molar-refractivity contribution in [1.82, 2.24) is 9.97 Å². The van der Waals surface area contributed by atoms with Gasteiger partial charge in [-0.15, -0.1) is 11.3 Å². The minimum atomic E-state index is 0.863. The van der Waals surface area contributed by atoms with Crippen LogP contribution < -0.4 is 10.2 Å². The first-order valence-corrected chi connectivity index (χ1v) is 10.5. The summed E-state index contributed by atoms with van der Waals surface area (Å²) in [7, 11) is 0. The van der Waals surface area contributed by atoms with Gasteiger partial charge in [-0.2, -0.15) is 0 Å². The van der Waals surface area contributed by atoms with Crippen LogP contribution in [0.1, 0.15) is 17.7 Å². The van der Waals surface area contributed by atoms with Gasteiger partial charge in [-0.25, -0.2) is 9.97 Å². The van der Waals surface area contributed by atoms with Gasteiger partial charge in [-0.05, 0) is 49.6 Å². The van der Waals surface area contributed by atoms with E-state index in [1.807, 2.05) is 6.07 Å². The largest absolute Gasteiger partial charge is 0.372 e. The summed E-state index contributed by atoms with van der Waals surface area (Å²) in [5, 5.41) is 4.62. The van der Waals surface area contributed by atoms with Gasteiger partial charge in [0.05, 0.1) is 5.39 Å². The molecular formula is C23H22N4S. The Bertz CT molecular complexity index is 1100. The van der Waals surface area contributed by atoms with E-state index in [-0.39, 0.29) is 0 Å². The lowest BCUT2D eigenvalue weighted by molar-refractivity contribution is 0.949. The molecule has 5 rings (SSSR count). The molecular weight excluding hydrogens is 364 g/mol. The van der Waals surface area contributed by atoms with Gasteiger partial charge in [0.1, 0.15) is 17.0 Å². The third-order valence-corrected chi connectivity index (χ3v) is 6.34. The van der Waals surface area contributed by atoms with E-state index in [0.29, 0.717) is 0 Å². The minimum Gasteiger partial charge on any atom is -0.372 e. The van der Waals surface area contributed by atoms with Crippen LogP contribution in [0.15, 0.2) is 60.9 Å². The molecule has 28 heavy (non-hydrogen) atoms. The monoisotopic (exact) mass is 386 g/mol. The number of hydrogen-bond acceptors (Lipinski definition) is 5. The van der Waals surface area contributed by atoms with Gasteiger partial charge >= 0.3 is 0 Å². The summed E-state index contributed by atoms with van der Waals surface area (Å²) in [5.74, 6) is 0.863. The summed E-state index contributed by atoms with van der Waals surface area (Å²) in [6.07, 6.45) is 4.23. The molecule has 140 valence electrons. The molecule has 0 saturated carbocycles. The van der Waals surface area contributed by atoms with Crippen molar-refractivity contribution >= 4 is 38.7 Å². The zero-order chi connectivity index (χ0) is 18.9. The maximum absolute atomic E-state index is 4.58. The number of nitrogens with one attached hydrogen (secondary N) is 1. The van der Waals surface area contributed by atoms with Crippen LogP contribution >= 0.6 is 11.3 Å². The zero-order valence-corrected chi connectivity index (χ0v) is 16.7. The number of rotatable bonds is 4. The number of hydrogen-bond donors (Lipinski definition) is 1. The molecule has 4 aromatic rings. The van der Waals surface area contributed by atoms with E-state index >= 15 is 0 Å². The maximum Gasteiger partial charge on any atom is 0.143 e. The molecule has 3 heterocycles. The molecule has 4 nitrogen and oxygen atoms in total. The van der Waals surface area contributed by atoms with Gasteiger partial charge in [0.25, 0.3) is 0 Å². The van der Waals surface area contributed by atoms with E-state index in [1.165, 1.54) is 34.5 Å². The molecule has 5 heteroatoms. The minimum absolute atomic E-state index is 0.863. The molecule has 0 bridgehead atoms. The van der Waals surface area contributed by atoms with Crippen molar-refractivity contribution < 1.29 is 0 Å². The quantitative estimate of drug-likeness (QED) is 0.466. The van der Waals surface area contributed by atoms with Gasteiger partial charge in [-0.1, -0.05) is 30.3 Å². The Morgan fingerprint density at radius 1 is 0.929 bits per heavy atom. The molecule has 1 fully saturated rings. The summed E-state index contributed by atoms with van der Waals surface area (Å²) in [6.45, 7) is 4.48. The highest BCUT2D eigenvalue weighted by Gasteiger charge is 2.17. The Kier molecular flexibility index (Phi) is 4.45. The second-order valence-electron chi connectivity index (χ2n) is 7.17. The molecule has 2 aromatic carbocycles. The van der Waals surface area contributed by atoms with E-state index < -0.39 is 0 Å². The van der Waals surface area contributed by atoms with E-state index in [0.717, 1.165) is 34.8 Å². The van der Waals surface area contributed by atoms with Crippen molar-refractivity contribution in [2.45, 2.75) is 19.8 Å². The van der Waals surface area contributed by atoms with E-state index in [4.69, 9.17) is 0 Å². The second kappa shape index (κ2) is 7.24. The third-order valence-electron chi connectivity index (χ3n) is 5.33. The van der Waals surface area contributed by atoms with Crippen molar-refractivity contribution in [2.75, 3.05) is 23.3 Å². The lowest BCUT2D eigenvalue weighted by Crippen LogP contribution is -2.17. The number of thiophene rings is 1. The fraction of sp³-hybridized carbons (Fsp3) is 0.217. The normalized spacial score (nSPS) is 14.0. The molecule has 1 aliphatic heterocycles. The average molecular weight is 387 g/mol. The molecule has 0 spiro atoms. The van der Waals surface area contributed by atoms with Crippen LogP contribution in [0.5, 0.6) is 0 Å². The first-order chi connectivity index (χ1) is 13.8. The fourth-order valence-electron chi connectivity index (χ4n) is 3.96. The van der Waals surface area contributed by atoms with Gasteiger partial charge in [-0.3, -0.25) is 0 Å². The number of anilines is 3. The standard InChI is InChI=1S/C23H22N4S/c1-16-20(17-7-3-2-4-8-17)21-22(24-15-25-23(21)28-16)26-18-9-11-19(12-10-18)27-13-5-6-14-27/h2-4,7-12,15H,5-6,13-14H2,1H3,(H,24,25,26). The number of fused-ring (bicyclic) bond motifs is 1. The summed E-state index contributed by atoms with van der Waals surface area (Å²) in [5.41, 5.74) is 4.77. The highest BCUT2D eigenvalue weighted by atomic mass is 32.1. The molecule has 0 aliphatic carbocycles. The predicted octanol–water partition coefficient (Wildman–Crippen LogP) is 6.01. The summed E-state index contributed by atoms with van der Waals surface area (Å²) in [6, 6.07) is 19.2. The van der Waals surface area contributed by atoms with Gasteiger partial charge in [0.2, 0.25) is 0 Å². The van der Waals surface area contributed by atoms with Gasteiger partial charge in [0.15, 0.2) is 0 Å². The van der Waals surface area contributed by atoms with Crippen molar-refractivity contribution in [1.29, 1.82) is 0 Å².